The number of carbonyl (C=O) groups is 1. The number of hydroxylamine groups is 1. The Morgan fingerprint density at radius 2 is 1.86 bits per heavy atom. The first-order valence-electron chi connectivity index (χ1n) is 9.38. The summed E-state index contributed by atoms with van der Waals surface area (Å²) in [5.41, 5.74) is 9.54. The minimum absolute atomic E-state index is 0.103. The fourth-order valence-electron chi connectivity index (χ4n) is 4.10. The van der Waals surface area contributed by atoms with Gasteiger partial charge in [0, 0.05) is 5.57 Å². The van der Waals surface area contributed by atoms with E-state index in [9.17, 15) is 4.79 Å². The van der Waals surface area contributed by atoms with Crippen molar-refractivity contribution in [3.8, 4) is 0 Å². The number of carbonyl (C=O) groups excluding carboxylic acids is 1. The first-order chi connectivity index (χ1) is 13.6. The van der Waals surface area contributed by atoms with Crippen LogP contribution in [0, 0.1) is 0 Å². The van der Waals surface area contributed by atoms with Gasteiger partial charge >= 0.3 is 5.97 Å². The summed E-state index contributed by atoms with van der Waals surface area (Å²) in [4.78, 5) is 18.0. The quantitative estimate of drug-likeness (QED) is 0.695. The summed E-state index contributed by atoms with van der Waals surface area (Å²) in [5, 5.41) is 6.90. The van der Waals surface area contributed by atoms with E-state index in [4.69, 9.17) is 9.57 Å². The second-order valence-corrected chi connectivity index (χ2v) is 7.25. The van der Waals surface area contributed by atoms with E-state index >= 15 is 0 Å². The lowest BCUT2D eigenvalue weighted by Gasteiger charge is -2.21. The Labute approximate surface area is 163 Å². The summed E-state index contributed by atoms with van der Waals surface area (Å²) >= 11 is 0. The highest BCUT2D eigenvalue weighted by atomic mass is 16.7. The average Bonchev–Trinajstić information content (AvgIpc) is 3.16. The molecule has 0 bridgehead atoms. The number of anilines is 2. The lowest BCUT2D eigenvalue weighted by Crippen LogP contribution is -2.20. The smallest absolute Gasteiger partial charge is 0.338 e. The van der Waals surface area contributed by atoms with Crippen molar-refractivity contribution in [1.82, 2.24) is 5.48 Å². The Bertz CT molecular complexity index is 1040. The maximum atomic E-state index is 12.5. The van der Waals surface area contributed by atoms with Crippen LogP contribution in [-0.4, -0.2) is 18.6 Å². The first kappa shape index (κ1) is 16.9. The first-order valence-corrected chi connectivity index (χ1v) is 9.38. The zero-order valence-corrected chi connectivity index (χ0v) is 15.7. The van der Waals surface area contributed by atoms with Crippen LogP contribution in [0.4, 0.5) is 11.4 Å². The molecule has 0 saturated heterocycles. The Morgan fingerprint density at radius 1 is 1.04 bits per heavy atom. The molecule has 0 aliphatic carbocycles. The van der Waals surface area contributed by atoms with Gasteiger partial charge in [-0.05, 0) is 43.2 Å². The van der Waals surface area contributed by atoms with Crippen LogP contribution in [0.3, 0.4) is 0 Å². The van der Waals surface area contributed by atoms with E-state index in [-0.39, 0.29) is 24.7 Å². The molecule has 5 rings (SSSR count). The third-order valence-electron chi connectivity index (χ3n) is 5.43. The third-order valence-corrected chi connectivity index (χ3v) is 5.43. The number of fused-ring (bicyclic) bond motifs is 1. The summed E-state index contributed by atoms with van der Waals surface area (Å²) < 4.78 is 5.33. The summed E-state index contributed by atoms with van der Waals surface area (Å²) in [6, 6.07) is 16.0. The zero-order valence-electron chi connectivity index (χ0n) is 15.7. The number of benzene rings is 2. The molecule has 6 heteroatoms. The number of hydrogen-bond donors (Lipinski definition) is 3. The Morgan fingerprint density at radius 3 is 2.64 bits per heavy atom. The van der Waals surface area contributed by atoms with E-state index in [2.05, 4.69) is 35.2 Å². The summed E-state index contributed by atoms with van der Waals surface area (Å²) in [6.45, 7) is 4.29. The number of esters is 1. The van der Waals surface area contributed by atoms with Crippen LogP contribution < -0.4 is 16.1 Å². The largest absolute Gasteiger partial charge is 0.456 e. The van der Waals surface area contributed by atoms with E-state index in [1.807, 2.05) is 43.3 Å². The highest BCUT2D eigenvalue weighted by Crippen LogP contribution is 2.40. The van der Waals surface area contributed by atoms with Gasteiger partial charge in [0.15, 0.2) is 0 Å². The molecule has 0 radical (unpaired) electrons. The van der Waals surface area contributed by atoms with Gasteiger partial charge < -0.3 is 20.2 Å². The van der Waals surface area contributed by atoms with Crippen molar-refractivity contribution in [3.05, 3.63) is 76.7 Å². The van der Waals surface area contributed by atoms with Crippen molar-refractivity contribution >= 4 is 22.9 Å². The number of hydrogen-bond acceptors (Lipinski definition) is 6. The standard InChI is InChI=1S/C22H21N3O3/c1-12-19(13(2)28-25-12)14-6-5-7-15(10-14)21-20-18(11-27-22(20)26)23-16-8-3-4-9-17(16)24-21/h3-10,12,21,23-25H,11H2,1-2H3. The molecule has 3 N–H and O–H groups in total. The van der Waals surface area contributed by atoms with Crippen LogP contribution in [0.2, 0.25) is 0 Å². The summed E-state index contributed by atoms with van der Waals surface area (Å²) in [5.74, 6) is 0.582. The molecule has 3 aliphatic heterocycles. The average molecular weight is 375 g/mol. The maximum absolute atomic E-state index is 12.5. The van der Waals surface area contributed by atoms with Crippen molar-refractivity contribution in [2.45, 2.75) is 25.9 Å². The molecule has 2 atom stereocenters. The summed E-state index contributed by atoms with van der Waals surface area (Å²) in [7, 11) is 0. The number of allylic oxidation sites excluding steroid dienone is 1. The minimum Gasteiger partial charge on any atom is -0.456 e. The van der Waals surface area contributed by atoms with E-state index in [0.717, 1.165) is 39.5 Å². The second kappa shape index (κ2) is 6.42. The number of para-hydroxylation sites is 2. The minimum atomic E-state index is -0.299. The molecular formula is C22H21N3O3. The number of rotatable bonds is 2. The molecule has 2 aromatic rings. The normalized spacial score (nSPS) is 23.3. The number of ether oxygens (including phenoxy) is 1. The predicted octanol–water partition coefficient (Wildman–Crippen LogP) is 3.73. The summed E-state index contributed by atoms with van der Waals surface area (Å²) in [6.07, 6.45) is 0. The van der Waals surface area contributed by atoms with Crippen molar-refractivity contribution < 1.29 is 14.4 Å². The predicted molar refractivity (Wildman–Crippen MR) is 107 cm³/mol. The fourth-order valence-corrected chi connectivity index (χ4v) is 4.10. The molecule has 0 amide bonds. The van der Waals surface area contributed by atoms with Gasteiger partial charge in [-0.25, -0.2) is 4.79 Å². The van der Waals surface area contributed by atoms with Gasteiger partial charge in [-0.3, -0.25) is 0 Å². The van der Waals surface area contributed by atoms with Gasteiger partial charge in [0.1, 0.15) is 12.4 Å². The van der Waals surface area contributed by atoms with Gasteiger partial charge in [-0.2, -0.15) is 0 Å². The Hall–Kier alpha value is -3.25. The van der Waals surface area contributed by atoms with Crippen LogP contribution >= 0.6 is 0 Å². The molecule has 3 heterocycles. The van der Waals surface area contributed by atoms with Crippen molar-refractivity contribution in [2.24, 2.45) is 0 Å². The Kier molecular flexibility index (Phi) is 3.87. The molecule has 28 heavy (non-hydrogen) atoms. The lowest BCUT2D eigenvalue weighted by atomic mass is 9.92. The van der Waals surface area contributed by atoms with Crippen LogP contribution in [-0.2, 0) is 14.4 Å². The number of nitrogens with one attached hydrogen (secondary N) is 3. The molecule has 2 unspecified atom stereocenters. The highest BCUT2D eigenvalue weighted by Gasteiger charge is 2.36. The second-order valence-electron chi connectivity index (χ2n) is 7.25. The van der Waals surface area contributed by atoms with Gasteiger partial charge in [0.2, 0.25) is 0 Å². The zero-order chi connectivity index (χ0) is 19.3. The van der Waals surface area contributed by atoms with Crippen molar-refractivity contribution in [2.75, 3.05) is 17.2 Å². The van der Waals surface area contributed by atoms with Crippen LogP contribution in [0.5, 0.6) is 0 Å². The molecule has 3 aliphatic rings. The lowest BCUT2D eigenvalue weighted by molar-refractivity contribution is -0.136. The van der Waals surface area contributed by atoms with Gasteiger partial charge in [-0.15, -0.1) is 5.48 Å². The van der Waals surface area contributed by atoms with E-state index in [1.54, 1.807) is 0 Å². The SMILES string of the molecule is CC1=C(c2cccc(C3Nc4ccccc4NC4=C3C(=O)OC4)c2)C(C)NO1. The molecule has 0 aromatic heterocycles. The van der Waals surface area contributed by atoms with Gasteiger partial charge in [-0.1, -0.05) is 30.3 Å². The number of cyclic esters (lactones) is 1. The Balaban J connectivity index is 1.62. The van der Waals surface area contributed by atoms with E-state index < -0.39 is 0 Å². The van der Waals surface area contributed by atoms with Gasteiger partial charge in [0.25, 0.3) is 0 Å². The van der Waals surface area contributed by atoms with Crippen LogP contribution in [0.1, 0.15) is 31.0 Å². The van der Waals surface area contributed by atoms with E-state index in [0.29, 0.717) is 5.57 Å². The topological polar surface area (TPSA) is 71.6 Å². The molecule has 2 aromatic carbocycles. The highest BCUT2D eigenvalue weighted by molar-refractivity contribution is 5.96. The molecule has 0 saturated carbocycles. The van der Waals surface area contributed by atoms with Crippen molar-refractivity contribution in [3.63, 3.8) is 0 Å². The maximum Gasteiger partial charge on any atom is 0.338 e. The molecule has 0 fully saturated rings. The monoisotopic (exact) mass is 375 g/mol. The van der Waals surface area contributed by atoms with Crippen LogP contribution in [0.15, 0.2) is 65.6 Å². The molecule has 0 spiro atoms. The van der Waals surface area contributed by atoms with Gasteiger partial charge in [0.05, 0.1) is 34.7 Å². The third kappa shape index (κ3) is 2.65. The van der Waals surface area contributed by atoms with Crippen molar-refractivity contribution in [1.29, 1.82) is 0 Å². The fraction of sp³-hybridized carbons (Fsp3) is 0.227. The van der Waals surface area contributed by atoms with E-state index in [1.165, 1.54) is 0 Å². The molecular weight excluding hydrogens is 354 g/mol. The molecule has 6 nitrogen and oxygen atoms in total. The molecule has 142 valence electrons. The van der Waals surface area contributed by atoms with Crippen LogP contribution in [0.25, 0.3) is 5.57 Å².